The fourth-order valence-corrected chi connectivity index (χ4v) is 1.81. The molecule has 1 aromatic carbocycles. The van der Waals surface area contributed by atoms with Gasteiger partial charge >= 0.3 is 0 Å². The van der Waals surface area contributed by atoms with E-state index in [1.165, 1.54) is 0 Å². The van der Waals surface area contributed by atoms with E-state index < -0.39 is 0 Å². The number of pyridine rings is 1. The molecule has 1 unspecified atom stereocenters. The molecule has 0 aliphatic heterocycles. The summed E-state index contributed by atoms with van der Waals surface area (Å²) in [6.45, 7) is 1.78. The van der Waals surface area contributed by atoms with Crippen LogP contribution in [0.25, 0.3) is 10.9 Å². The lowest BCUT2D eigenvalue weighted by molar-refractivity contribution is 0.0933. The lowest BCUT2D eigenvalue weighted by atomic mass is 9.95. The van der Waals surface area contributed by atoms with Crippen molar-refractivity contribution in [1.82, 2.24) is 4.98 Å². The van der Waals surface area contributed by atoms with Gasteiger partial charge in [0.15, 0.2) is 5.78 Å². The van der Waals surface area contributed by atoms with Crippen molar-refractivity contribution < 1.29 is 4.79 Å². The number of benzene rings is 1. The average Bonchev–Trinajstić information content (AvgIpc) is 2.37. The summed E-state index contributed by atoms with van der Waals surface area (Å²) in [7, 11) is 0. The highest BCUT2D eigenvalue weighted by Gasteiger charge is 2.17. The molecule has 0 spiro atoms. The number of aromatic nitrogens is 1. The van der Waals surface area contributed by atoms with Crippen molar-refractivity contribution in [3.63, 3.8) is 0 Å². The molecule has 0 fully saturated rings. The SMILES string of the molecule is CC(CC#N)C(=O)c1ccnc2ccccc12. The van der Waals surface area contributed by atoms with Crippen LogP contribution in [0.5, 0.6) is 0 Å². The molecular formula is C14H12N2O. The second kappa shape index (κ2) is 4.75. The summed E-state index contributed by atoms with van der Waals surface area (Å²) >= 11 is 0. The summed E-state index contributed by atoms with van der Waals surface area (Å²) in [5, 5.41) is 9.48. The van der Waals surface area contributed by atoms with Crippen LogP contribution in [0.2, 0.25) is 0 Å². The number of fused-ring (bicyclic) bond motifs is 1. The number of nitrogens with zero attached hydrogens (tertiary/aromatic N) is 2. The van der Waals surface area contributed by atoms with Crippen molar-refractivity contribution in [3.8, 4) is 6.07 Å². The maximum absolute atomic E-state index is 12.2. The van der Waals surface area contributed by atoms with E-state index in [0.29, 0.717) is 5.56 Å². The maximum atomic E-state index is 12.2. The van der Waals surface area contributed by atoms with Crippen LogP contribution in [0.4, 0.5) is 0 Å². The Morgan fingerprint density at radius 3 is 2.94 bits per heavy atom. The molecule has 3 heteroatoms. The van der Waals surface area contributed by atoms with Crippen molar-refractivity contribution in [1.29, 1.82) is 5.26 Å². The van der Waals surface area contributed by atoms with Gasteiger partial charge in [-0.15, -0.1) is 0 Å². The number of para-hydroxylation sites is 1. The number of nitriles is 1. The molecule has 1 atom stereocenters. The van der Waals surface area contributed by atoms with Crippen LogP contribution in [0.1, 0.15) is 23.7 Å². The first-order chi connectivity index (χ1) is 8.24. The molecule has 0 N–H and O–H groups in total. The zero-order valence-corrected chi connectivity index (χ0v) is 9.55. The molecule has 0 bridgehead atoms. The normalized spacial score (nSPS) is 12.0. The number of Topliss-reactive ketones (excluding diaryl/α,β-unsaturated/α-hetero) is 1. The second-order valence-electron chi connectivity index (χ2n) is 4.00. The lowest BCUT2D eigenvalue weighted by Crippen LogP contribution is -2.11. The summed E-state index contributed by atoms with van der Waals surface area (Å²) in [6.07, 6.45) is 1.88. The van der Waals surface area contributed by atoms with Crippen LogP contribution < -0.4 is 0 Å². The minimum absolute atomic E-state index is 0.00477. The van der Waals surface area contributed by atoms with Crippen molar-refractivity contribution >= 4 is 16.7 Å². The van der Waals surface area contributed by atoms with Crippen LogP contribution in [0.15, 0.2) is 36.5 Å². The van der Waals surface area contributed by atoms with Gasteiger partial charge in [-0.2, -0.15) is 5.26 Å². The number of carbonyl (C=O) groups excluding carboxylic acids is 1. The first kappa shape index (κ1) is 11.3. The van der Waals surface area contributed by atoms with Gasteiger partial charge in [-0.3, -0.25) is 9.78 Å². The first-order valence-corrected chi connectivity index (χ1v) is 5.49. The van der Waals surface area contributed by atoms with Crippen molar-refractivity contribution in [3.05, 3.63) is 42.1 Å². The van der Waals surface area contributed by atoms with E-state index in [1.54, 1.807) is 19.2 Å². The largest absolute Gasteiger partial charge is 0.294 e. The Morgan fingerprint density at radius 2 is 2.18 bits per heavy atom. The van der Waals surface area contributed by atoms with Gasteiger partial charge < -0.3 is 0 Å². The standard InChI is InChI=1S/C14H12N2O/c1-10(6-8-15)14(17)12-7-9-16-13-5-3-2-4-11(12)13/h2-5,7,9-10H,6H2,1H3. The highest BCUT2D eigenvalue weighted by Crippen LogP contribution is 2.20. The zero-order chi connectivity index (χ0) is 12.3. The average molecular weight is 224 g/mol. The Balaban J connectivity index is 2.49. The fourth-order valence-electron chi connectivity index (χ4n) is 1.81. The van der Waals surface area contributed by atoms with Gasteiger partial charge in [-0.1, -0.05) is 25.1 Å². The van der Waals surface area contributed by atoms with Crippen LogP contribution >= 0.6 is 0 Å². The molecule has 84 valence electrons. The second-order valence-corrected chi connectivity index (χ2v) is 4.00. The molecule has 1 heterocycles. The molecule has 0 amide bonds. The van der Waals surface area contributed by atoms with Crippen molar-refractivity contribution in [2.75, 3.05) is 0 Å². The quantitative estimate of drug-likeness (QED) is 0.753. The van der Waals surface area contributed by atoms with Crippen LogP contribution in [0.3, 0.4) is 0 Å². The number of rotatable bonds is 3. The minimum atomic E-state index is -0.272. The van der Waals surface area contributed by atoms with Gasteiger partial charge in [0.25, 0.3) is 0 Å². The summed E-state index contributed by atoms with van der Waals surface area (Å²) in [4.78, 5) is 16.4. The molecule has 0 aliphatic rings. The third kappa shape index (κ3) is 2.16. The van der Waals surface area contributed by atoms with Crippen molar-refractivity contribution in [2.24, 2.45) is 5.92 Å². The molecule has 0 radical (unpaired) electrons. The van der Waals surface area contributed by atoms with Gasteiger partial charge in [-0.25, -0.2) is 0 Å². The Morgan fingerprint density at radius 1 is 1.41 bits per heavy atom. The van der Waals surface area contributed by atoms with E-state index >= 15 is 0 Å². The molecule has 2 aromatic rings. The van der Waals surface area contributed by atoms with Crippen LogP contribution in [0, 0.1) is 17.2 Å². The summed E-state index contributed by atoms with van der Waals surface area (Å²) < 4.78 is 0. The number of carbonyl (C=O) groups is 1. The van der Waals surface area contributed by atoms with Gasteiger partial charge in [-0.05, 0) is 12.1 Å². The molecule has 0 aliphatic carbocycles. The molecule has 0 saturated heterocycles. The van der Waals surface area contributed by atoms with Crippen molar-refractivity contribution in [2.45, 2.75) is 13.3 Å². The predicted octanol–water partition coefficient (Wildman–Crippen LogP) is 2.97. The maximum Gasteiger partial charge on any atom is 0.167 e. The lowest BCUT2D eigenvalue weighted by Gasteiger charge is -2.08. The Kier molecular flexibility index (Phi) is 3.15. The Hall–Kier alpha value is -2.21. The van der Waals surface area contributed by atoms with Gasteiger partial charge in [0, 0.05) is 29.5 Å². The van der Waals surface area contributed by atoms with Gasteiger partial charge in [0.1, 0.15) is 0 Å². The molecule has 3 nitrogen and oxygen atoms in total. The highest BCUT2D eigenvalue weighted by molar-refractivity contribution is 6.08. The molecule has 17 heavy (non-hydrogen) atoms. The van der Waals surface area contributed by atoms with E-state index in [-0.39, 0.29) is 18.1 Å². The highest BCUT2D eigenvalue weighted by atomic mass is 16.1. The van der Waals surface area contributed by atoms with Crippen LogP contribution in [-0.2, 0) is 0 Å². The van der Waals surface area contributed by atoms with E-state index in [0.717, 1.165) is 10.9 Å². The number of hydrogen-bond acceptors (Lipinski definition) is 3. The fraction of sp³-hybridized carbons (Fsp3) is 0.214. The number of hydrogen-bond donors (Lipinski definition) is 0. The molecule has 1 aromatic heterocycles. The third-order valence-electron chi connectivity index (χ3n) is 2.76. The molecular weight excluding hydrogens is 212 g/mol. The molecule has 0 saturated carbocycles. The van der Waals surface area contributed by atoms with E-state index in [4.69, 9.17) is 5.26 Å². The minimum Gasteiger partial charge on any atom is -0.294 e. The van der Waals surface area contributed by atoms with E-state index in [2.05, 4.69) is 4.98 Å². The zero-order valence-electron chi connectivity index (χ0n) is 9.55. The smallest absolute Gasteiger partial charge is 0.167 e. The van der Waals surface area contributed by atoms with E-state index in [9.17, 15) is 4.79 Å². The van der Waals surface area contributed by atoms with Gasteiger partial charge in [0.2, 0.25) is 0 Å². The summed E-state index contributed by atoms with van der Waals surface area (Å²) in [5.74, 6) is -0.268. The number of ketones is 1. The monoisotopic (exact) mass is 224 g/mol. The third-order valence-corrected chi connectivity index (χ3v) is 2.76. The Bertz CT molecular complexity index is 593. The summed E-state index contributed by atoms with van der Waals surface area (Å²) in [5.41, 5.74) is 1.46. The first-order valence-electron chi connectivity index (χ1n) is 5.49. The van der Waals surface area contributed by atoms with Gasteiger partial charge in [0.05, 0.1) is 11.6 Å². The molecule has 2 rings (SSSR count). The summed E-state index contributed by atoms with van der Waals surface area (Å²) in [6, 6.07) is 11.3. The van der Waals surface area contributed by atoms with Crippen LogP contribution in [-0.4, -0.2) is 10.8 Å². The topological polar surface area (TPSA) is 53.8 Å². The Labute approximate surface area is 99.7 Å². The van der Waals surface area contributed by atoms with E-state index in [1.807, 2.05) is 30.3 Å². The predicted molar refractivity (Wildman–Crippen MR) is 65.5 cm³/mol.